The number of nitriles is 3. The van der Waals surface area contributed by atoms with Crippen LogP contribution >= 0.6 is 0 Å². The molecule has 5 aromatic rings. The Kier molecular flexibility index (Phi) is 5.67. The Morgan fingerprint density at radius 1 is 0.486 bits per heavy atom. The Labute approximate surface area is 203 Å². The minimum absolute atomic E-state index is 0.448. The highest BCUT2D eigenvalue weighted by molar-refractivity contribution is 5.87. The van der Waals surface area contributed by atoms with E-state index in [1.54, 1.807) is 12.1 Å². The topological polar surface area (TPSA) is 76.3 Å². The van der Waals surface area contributed by atoms with Crippen molar-refractivity contribution in [2.75, 3.05) is 0 Å². The summed E-state index contributed by atoms with van der Waals surface area (Å²) in [5.74, 6) is 0. The SMILES string of the molecule is N#Cc1ccc(-c2ccc(-c3cc(-c4ccccc4)c(C#N)c(-n4cccc4)c3C#N)cc2)cc1. The number of rotatable bonds is 4. The fourth-order valence-electron chi connectivity index (χ4n) is 4.29. The van der Waals surface area contributed by atoms with Gasteiger partial charge in [-0.2, -0.15) is 15.8 Å². The standard InChI is InChI=1S/C31H18N4/c32-19-22-8-10-23(11-9-22)24-12-14-26(15-13-24)28-18-27(25-6-2-1-3-7-25)29(20-33)31(30(28)21-34)35-16-4-5-17-35/h1-18H. The summed E-state index contributed by atoms with van der Waals surface area (Å²) in [4.78, 5) is 0. The monoisotopic (exact) mass is 446 g/mol. The second-order valence-corrected chi connectivity index (χ2v) is 8.02. The summed E-state index contributed by atoms with van der Waals surface area (Å²) in [6.07, 6.45) is 3.70. The molecule has 0 saturated heterocycles. The van der Waals surface area contributed by atoms with Crippen molar-refractivity contribution in [3.8, 4) is 57.3 Å². The van der Waals surface area contributed by atoms with Crippen LogP contribution in [0.15, 0.2) is 109 Å². The molecule has 0 saturated carbocycles. The molecule has 0 amide bonds. The van der Waals surface area contributed by atoms with Crippen molar-refractivity contribution in [2.24, 2.45) is 0 Å². The third-order valence-corrected chi connectivity index (χ3v) is 6.02. The molecule has 4 aromatic carbocycles. The van der Waals surface area contributed by atoms with E-state index < -0.39 is 0 Å². The predicted octanol–water partition coefficient (Wildman–Crippen LogP) is 7.09. The van der Waals surface area contributed by atoms with Crippen LogP contribution in [0.4, 0.5) is 0 Å². The maximum Gasteiger partial charge on any atom is 0.102 e. The number of hydrogen-bond acceptors (Lipinski definition) is 3. The lowest BCUT2D eigenvalue weighted by Crippen LogP contribution is -2.03. The highest BCUT2D eigenvalue weighted by atomic mass is 14.9. The van der Waals surface area contributed by atoms with E-state index in [1.807, 2.05) is 102 Å². The Hall–Kier alpha value is -5.37. The van der Waals surface area contributed by atoms with Gasteiger partial charge in [0.25, 0.3) is 0 Å². The van der Waals surface area contributed by atoms with Crippen LogP contribution in [0.3, 0.4) is 0 Å². The largest absolute Gasteiger partial charge is 0.321 e. The third-order valence-electron chi connectivity index (χ3n) is 6.02. The van der Waals surface area contributed by atoms with E-state index in [2.05, 4.69) is 18.2 Å². The van der Waals surface area contributed by atoms with Gasteiger partial charge in [0.1, 0.15) is 12.1 Å². The van der Waals surface area contributed by atoms with Crippen molar-refractivity contribution in [2.45, 2.75) is 0 Å². The quantitative estimate of drug-likeness (QED) is 0.296. The van der Waals surface area contributed by atoms with Crippen LogP contribution in [-0.2, 0) is 0 Å². The molecule has 0 fully saturated rings. The maximum absolute atomic E-state index is 10.2. The highest BCUT2D eigenvalue weighted by Crippen LogP contribution is 2.38. The summed E-state index contributed by atoms with van der Waals surface area (Å²) in [6.45, 7) is 0. The molecule has 0 radical (unpaired) electrons. The molecule has 0 spiro atoms. The molecule has 0 atom stereocenters. The molecule has 0 N–H and O–H groups in total. The molecule has 4 nitrogen and oxygen atoms in total. The highest BCUT2D eigenvalue weighted by Gasteiger charge is 2.21. The summed E-state index contributed by atoms with van der Waals surface area (Å²) >= 11 is 0. The van der Waals surface area contributed by atoms with Gasteiger partial charge in [-0.15, -0.1) is 0 Å². The lowest BCUT2D eigenvalue weighted by molar-refractivity contribution is 1.07. The zero-order chi connectivity index (χ0) is 24.2. The first kappa shape index (κ1) is 21.5. The summed E-state index contributed by atoms with van der Waals surface area (Å²) in [7, 11) is 0. The average Bonchev–Trinajstić information content (AvgIpc) is 3.47. The molecular formula is C31H18N4. The number of benzene rings is 4. The average molecular weight is 447 g/mol. The zero-order valence-corrected chi connectivity index (χ0v) is 18.7. The van der Waals surface area contributed by atoms with Crippen LogP contribution < -0.4 is 0 Å². The van der Waals surface area contributed by atoms with Gasteiger partial charge >= 0.3 is 0 Å². The van der Waals surface area contributed by atoms with Gasteiger partial charge in [-0.1, -0.05) is 66.7 Å². The first-order valence-corrected chi connectivity index (χ1v) is 11.0. The van der Waals surface area contributed by atoms with Gasteiger partial charge in [0.05, 0.1) is 28.4 Å². The second-order valence-electron chi connectivity index (χ2n) is 8.02. The smallest absolute Gasteiger partial charge is 0.102 e. The zero-order valence-electron chi connectivity index (χ0n) is 18.7. The Morgan fingerprint density at radius 3 is 1.49 bits per heavy atom. The number of nitrogens with zero attached hydrogens (tertiary/aromatic N) is 4. The first-order chi connectivity index (χ1) is 17.2. The van der Waals surface area contributed by atoms with Gasteiger partial charge in [-0.3, -0.25) is 0 Å². The third kappa shape index (κ3) is 3.96. The Balaban J connectivity index is 1.72. The van der Waals surface area contributed by atoms with Crippen molar-refractivity contribution < 1.29 is 0 Å². The van der Waals surface area contributed by atoms with Crippen LogP contribution in [0.1, 0.15) is 16.7 Å². The van der Waals surface area contributed by atoms with Crippen molar-refractivity contribution in [3.05, 3.63) is 126 Å². The van der Waals surface area contributed by atoms with E-state index in [0.29, 0.717) is 22.4 Å². The molecule has 1 heterocycles. The van der Waals surface area contributed by atoms with Crippen LogP contribution in [0, 0.1) is 34.0 Å². The molecule has 0 unspecified atom stereocenters. The predicted molar refractivity (Wildman–Crippen MR) is 136 cm³/mol. The van der Waals surface area contributed by atoms with Gasteiger partial charge in [-0.25, -0.2) is 0 Å². The molecule has 0 aliphatic carbocycles. The van der Waals surface area contributed by atoms with Gasteiger partial charge in [0, 0.05) is 23.5 Å². The van der Waals surface area contributed by atoms with Crippen molar-refractivity contribution in [3.63, 3.8) is 0 Å². The minimum atomic E-state index is 0.448. The number of hydrogen-bond donors (Lipinski definition) is 0. The van der Waals surface area contributed by atoms with Gasteiger partial charge in [-0.05, 0) is 52.6 Å². The van der Waals surface area contributed by atoms with Crippen LogP contribution in [0.5, 0.6) is 0 Å². The van der Waals surface area contributed by atoms with Crippen molar-refractivity contribution >= 4 is 0 Å². The fourth-order valence-corrected chi connectivity index (χ4v) is 4.29. The van der Waals surface area contributed by atoms with Crippen molar-refractivity contribution in [1.29, 1.82) is 15.8 Å². The van der Waals surface area contributed by atoms with E-state index in [-0.39, 0.29) is 0 Å². The molecule has 5 rings (SSSR count). The Morgan fingerprint density at radius 2 is 0.971 bits per heavy atom. The maximum atomic E-state index is 10.2. The summed E-state index contributed by atoms with van der Waals surface area (Å²) in [6, 6.07) is 37.8. The van der Waals surface area contributed by atoms with E-state index in [1.165, 1.54) is 0 Å². The number of aromatic nitrogens is 1. The molecule has 0 aliphatic heterocycles. The molecule has 4 heteroatoms. The first-order valence-electron chi connectivity index (χ1n) is 11.0. The van der Waals surface area contributed by atoms with Gasteiger partial charge in [0.15, 0.2) is 0 Å². The van der Waals surface area contributed by atoms with Crippen LogP contribution in [0.2, 0.25) is 0 Å². The summed E-state index contributed by atoms with van der Waals surface area (Å²) < 4.78 is 1.83. The van der Waals surface area contributed by atoms with Gasteiger partial charge in [0.2, 0.25) is 0 Å². The lowest BCUT2D eigenvalue weighted by atomic mass is 9.89. The fraction of sp³-hybridized carbons (Fsp3) is 0. The molecule has 1 aromatic heterocycles. The molecule has 0 bridgehead atoms. The van der Waals surface area contributed by atoms with Crippen LogP contribution in [0.25, 0.3) is 39.1 Å². The summed E-state index contributed by atoms with van der Waals surface area (Å²) in [5, 5.41) is 29.4. The molecule has 162 valence electrons. The van der Waals surface area contributed by atoms with Gasteiger partial charge < -0.3 is 4.57 Å². The Bertz CT molecular complexity index is 1620. The second kappa shape index (κ2) is 9.24. The molecule has 35 heavy (non-hydrogen) atoms. The molecular weight excluding hydrogens is 428 g/mol. The normalized spacial score (nSPS) is 10.2. The van der Waals surface area contributed by atoms with Crippen LogP contribution in [-0.4, -0.2) is 4.57 Å². The summed E-state index contributed by atoms with van der Waals surface area (Å²) in [5.41, 5.74) is 7.47. The van der Waals surface area contributed by atoms with E-state index in [4.69, 9.17) is 5.26 Å². The van der Waals surface area contributed by atoms with E-state index in [9.17, 15) is 10.5 Å². The van der Waals surface area contributed by atoms with E-state index in [0.717, 1.165) is 33.4 Å². The van der Waals surface area contributed by atoms with E-state index >= 15 is 0 Å². The minimum Gasteiger partial charge on any atom is -0.321 e. The lowest BCUT2D eigenvalue weighted by Gasteiger charge is -2.17. The molecule has 0 aliphatic rings. The van der Waals surface area contributed by atoms with Crippen molar-refractivity contribution in [1.82, 2.24) is 4.57 Å².